The molecule has 23 heavy (non-hydrogen) atoms. The number of benzene rings is 1. The zero-order chi connectivity index (χ0) is 16.6. The van der Waals surface area contributed by atoms with Gasteiger partial charge in [-0.25, -0.2) is 14.4 Å². The molecule has 3 rings (SSSR count). The molecule has 1 atom stereocenters. The molecule has 2 N–H and O–H groups in total. The van der Waals surface area contributed by atoms with Crippen molar-refractivity contribution in [1.82, 2.24) is 5.32 Å². The summed E-state index contributed by atoms with van der Waals surface area (Å²) in [6.07, 6.45) is -2.68. The number of fused-ring (bicyclic) bond motifs is 1. The van der Waals surface area contributed by atoms with Gasteiger partial charge in [0.05, 0.1) is 18.8 Å². The third kappa shape index (κ3) is 2.85. The van der Waals surface area contributed by atoms with Gasteiger partial charge in [-0.05, 0) is 18.2 Å². The molecule has 1 aromatic carbocycles. The first-order valence-corrected chi connectivity index (χ1v) is 6.94. The number of cyclic esters (lactones) is 2. The maximum Gasteiger partial charge on any atom is 0.414 e. The Morgan fingerprint density at radius 2 is 2.17 bits per heavy atom. The van der Waals surface area contributed by atoms with Crippen LogP contribution in [0.25, 0.3) is 0 Å². The number of carbonyl (C=O) groups excluding carboxylic acids is 2. The SMILES string of the molecule is CN1C(=O)OCc2cc(N3CC(CNC(=O)O)OC3=O)ccc21. The van der Waals surface area contributed by atoms with E-state index in [4.69, 9.17) is 14.6 Å². The summed E-state index contributed by atoms with van der Waals surface area (Å²) in [5, 5.41) is 10.8. The molecule has 0 saturated carbocycles. The van der Waals surface area contributed by atoms with Crippen LogP contribution in [-0.4, -0.2) is 49.6 Å². The van der Waals surface area contributed by atoms with Gasteiger partial charge in [-0.2, -0.15) is 0 Å². The summed E-state index contributed by atoms with van der Waals surface area (Å²) in [6, 6.07) is 5.20. The van der Waals surface area contributed by atoms with E-state index in [1.807, 2.05) is 0 Å². The Kier molecular flexibility index (Phi) is 3.68. The van der Waals surface area contributed by atoms with Crippen molar-refractivity contribution < 1.29 is 29.0 Å². The van der Waals surface area contributed by atoms with Crippen molar-refractivity contribution in [3.8, 4) is 0 Å². The smallest absolute Gasteiger partial charge is 0.414 e. The van der Waals surface area contributed by atoms with Crippen molar-refractivity contribution in [2.75, 3.05) is 29.9 Å². The molecular weight excluding hydrogens is 306 g/mol. The van der Waals surface area contributed by atoms with Gasteiger partial charge in [-0.15, -0.1) is 0 Å². The second-order valence-corrected chi connectivity index (χ2v) is 5.23. The monoisotopic (exact) mass is 321 g/mol. The highest BCUT2D eigenvalue weighted by Gasteiger charge is 2.33. The largest absolute Gasteiger partial charge is 0.465 e. The lowest BCUT2D eigenvalue weighted by molar-refractivity contribution is 0.136. The highest BCUT2D eigenvalue weighted by atomic mass is 16.6. The van der Waals surface area contributed by atoms with Crippen LogP contribution < -0.4 is 15.1 Å². The molecule has 1 aromatic rings. The first-order chi connectivity index (χ1) is 11.0. The Balaban J connectivity index is 1.76. The van der Waals surface area contributed by atoms with Crippen molar-refractivity contribution >= 4 is 29.7 Å². The number of hydrogen-bond acceptors (Lipinski definition) is 5. The zero-order valence-corrected chi connectivity index (χ0v) is 12.3. The minimum atomic E-state index is -1.17. The van der Waals surface area contributed by atoms with Crippen LogP contribution in [0.3, 0.4) is 0 Å². The molecule has 2 aliphatic rings. The maximum atomic E-state index is 11.9. The molecular formula is C14H15N3O6. The van der Waals surface area contributed by atoms with Crippen LogP contribution in [0.5, 0.6) is 0 Å². The van der Waals surface area contributed by atoms with Gasteiger partial charge in [0, 0.05) is 18.3 Å². The molecule has 9 nitrogen and oxygen atoms in total. The predicted octanol–water partition coefficient (Wildman–Crippen LogP) is 1.37. The number of hydrogen-bond donors (Lipinski definition) is 2. The van der Waals surface area contributed by atoms with Crippen molar-refractivity contribution in [1.29, 1.82) is 0 Å². The molecule has 1 saturated heterocycles. The molecule has 3 amide bonds. The zero-order valence-electron chi connectivity index (χ0n) is 12.3. The van der Waals surface area contributed by atoms with E-state index >= 15 is 0 Å². The van der Waals surface area contributed by atoms with Gasteiger partial charge in [0.25, 0.3) is 0 Å². The van der Waals surface area contributed by atoms with E-state index in [-0.39, 0.29) is 19.7 Å². The maximum absolute atomic E-state index is 11.9. The lowest BCUT2D eigenvalue weighted by Gasteiger charge is -2.26. The molecule has 0 spiro atoms. The van der Waals surface area contributed by atoms with Crippen molar-refractivity contribution in [2.45, 2.75) is 12.7 Å². The number of amides is 3. The van der Waals surface area contributed by atoms with Gasteiger partial charge in [-0.3, -0.25) is 9.80 Å². The third-order valence-corrected chi connectivity index (χ3v) is 3.72. The number of anilines is 2. The number of nitrogens with zero attached hydrogens (tertiary/aromatic N) is 2. The van der Waals surface area contributed by atoms with E-state index < -0.39 is 24.4 Å². The molecule has 1 unspecified atom stereocenters. The van der Waals surface area contributed by atoms with E-state index in [0.717, 1.165) is 11.3 Å². The molecule has 0 aliphatic carbocycles. The quantitative estimate of drug-likeness (QED) is 0.870. The van der Waals surface area contributed by atoms with Gasteiger partial charge >= 0.3 is 18.3 Å². The van der Waals surface area contributed by atoms with Gasteiger partial charge in [0.1, 0.15) is 12.7 Å². The number of carboxylic acid groups (broad SMARTS) is 1. The summed E-state index contributed by atoms with van der Waals surface area (Å²) >= 11 is 0. The van der Waals surface area contributed by atoms with Crippen molar-refractivity contribution in [3.63, 3.8) is 0 Å². The normalized spacial score (nSPS) is 20.0. The Morgan fingerprint density at radius 1 is 1.39 bits per heavy atom. The van der Waals surface area contributed by atoms with E-state index in [1.54, 1.807) is 25.2 Å². The fourth-order valence-corrected chi connectivity index (χ4v) is 2.56. The summed E-state index contributed by atoms with van der Waals surface area (Å²) in [5.41, 5.74) is 2.11. The summed E-state index contributed by atoms with van der Waals surface area (Å²) in [6.45, 7) is 0.412. The minimum Gasteiger partial charge on any atom is -0.465 e. The molecule has 1 fully saturated rings. The highest BCUT2D eigenvalue weighted by Crippen LogP contribution is 2.31. The summed E-state index contributed by atoms with van der Waals surface area (Å²) in [7, 11) is 1.61. The number of carbonyl (C=O) groups is 3. The Bertz CT molecular complexity index is 676. The topological polar surface area (TPSA) is 108 Å². The minimum absolute atomic E-state index is 0.0306. The average molecular weight is 321 g/mol. The van der Waals surface area contributed by atoms with E-state index in [2.05, 4.69) is 5.32 Å². The fraction of sp³-hybridized carbons (Fsp3) is 0.357. The second-order valence-electron chi connectivity index (χ2n) is 5.23. The van der Waals surface area contributed by atoms with E-state index in [0.29, 0.717) is 5.69 Å². The van der Waals surface area contributed by atoms with Gasteiger partial charge < -0.3 is 19.9 Å². The standard InChI is InChI=1S/C14H15N3O6/c1-16-11-3-2-9(4-8(11)7-22-13(16)20)17-6-10(23-14(17)21)5-15-12(18)19/h2-4,10,15H,5-7H2,1H3,(H,18,19). The first-order valence-electron chi connectivity index (χ1n) is 6.94. The lowest BCUT2D eigenvalue weighted by Crippen LogP contribution is -2.34. The van der Waals surface area contributed by atoms with Crippen LogP contribution >= 0.6 is 0 Å². The summed E-state index contributed by atoms with van der Waals surface area (Å²) < 4.78 is 10.2. The fourth-order valence-electron chi connectivity index (χ4n) is 2.56. The first kappa shape index (κ1) is 14.9. The lowest BCUT2D eigenvalue weighted by atomic mass is 10.1. The predicted molar refractivity (Wildman–Crippen MR) is 78.7 cm³/mol. The van der Waals surface area contributed by atoms with Crippen LogP contribution in [0.15, 0.2) is 18.2 Å². The molecule has 122 valence electrons. The molecule has 2 heterocycles. The molecule has 0 aromatic heterocycles. The summed E-state index contributed by atoms with van der Waals surface area (Å²) in [4.78, 5) is 36.7. The van der Waals surface area contributed by atoms with Gasteiger partial charge in [0.2, 0.25) is 0 Å². The van der Waals surface area contributed by atoms with Crippen LogP contribution in [0.4, 0.5) is 25.8 Å². The number of ether oxygens (including phenoxy) is 2. The Hall–Kier alpha value is -2.97. The van der Waals surface area contributed by atoms with Crippen LogP contribution in [-0.2, 0) is 16.1 Å². The van der Waals surface area contributed by atoms with E-state index in [1.165, 1.54) is 9.80 Å². The van der Waals surface area contributed by atoms with Crippen LogP contribution in [0.1, 0.15) is 5.56 Å². The molecule has 0 bridgehead atoms. The molecule has 2 aliphatic heterocycles. The van der Waals surface area contributed by atoms with E-state index in [9.17, 15) is 14.4 Å². The van der Waals surface area contributed by atoms with Gasteiger partial charge in [0.15, 0.2) is 0 Å². The number of nitrogens with one attached hydrogen (secondary N) is 1. The Morgan fingerprint density at radius 3 is 2.91 bits per heavy atom. The van der Waals surface area contributed by atoms with Crippen molar-refractivity contribution in [3.05, 3.63) is 23.8 Å². The Labute approximate surface area is 131 Å². The highest BCUT2D eigenvalue weighted by molar-refractivity contribution is 5.93. The second kappa shape index (κ2) is 5.67. The van der Waals surface area contributed by atoms with Crippen LogP contribution in [0, 0.1) is 0 Å². The van der Waals surface area contributed by atoms with Gasteiger partial charge in [-0.1, -0.05) is 0 Å². The third-order valence-electron chi connectivity index (χ3n) is 3.72. The molecule has 0 radical (unpaired) electrons. The summed E-state index contributed by atoms with van der Waals surface area (Å²) in [5.74, 6) is 0. The van der Waals surface area contributed by atoms with Crippen molar-refractivity contribution in [2.24, 2.45) is 0 Å². The van der Waals surface area contributed by atoms with Crippen LogP contribution in [0.2, 0.25) is 0 Å². The molecule has 9 heteroatoms. The number of rotatable bonds is 3. The average Bonchev–Trinajstić information content (AvgIpc) is 2.90.